The van der Waals surface area contributed by atoms with Crippen LogP contribution >= 0.6 is 0 Å². The maximum Gasteiger partial charge on any atom is 0.333 e. The average Bonchev–Trinajstić information content (AvgIpc) is 2.57. The fourth-order valence-electron chi connectivity index (χ4n) is 1.76. The molecule has 0 aliphatic rings. The van der Waals surface area contributed by atoms with E-state index in [4.69, 9.17) is 9.47 Å². The van der Waals surface area contributed by atoms with Gasteiger partial charge in [-0.1, -0.05) is 49.1 Å². The van der Waals surface area contributed by atoms with Crippen molar-refractivity contribution in [2.45, 2.75) is 13.3 Å². The second-order valence-corrected chi connectivity index (χ2v) is 4.51. The predicted octanol–water partition coefficient (Wildman–Crippen LogP) is 3.31. The Morgan fingerprint density at radius 1 is 1.23 bits per heavy atom. The molecule has 0 bridgehead atoms. The molecule has 116 valence electrons. The molecule has 0 heterocycles. The number of allylic oxidation sites excluding steroid dienone is 1. The van der Waals surface area contributed by atoms with Crippen LogP contribution in [0.1, 0.15) is 18.9 Å². The lowest BCUT2D eigenvalue weighted by atomic mass is 10.0. The smallest absolute Gasteiger partial charge is 0.333 e. The minimum Gasteiger partial charge on any atom is -0.466 e. The lowest BCUT2D eigenvalue weighted by Gasteiger charge is -2.08. The summed E-state index contributed by atoms with van der Waals surface area (Å²) in [5.74, 6) is -0.884. The van der Waals surface area contributed by atoms with Crippen LogP contribution in [0.5, 0.6) is 0 Å². The first-order valence-electron chi connectivity index (χ1n) is 6.89. The Morgan fingerprint density at radius 3 is 2.50 bits per heavy atom. The molecule has 0 aliphatic heterocycles. The molecule has 1 rings (SSSR count). The summed E-state index contributed by atoms with van der Waals surface area (Å²) in [7, 11) is 1.34. The second kappa shape index (κ2) is 9.34. The molecule has 0 N–H and O–H groups in total. The highest BCUT2D eigenvalue weighted by molar-refractivity contribution is 5.89. The third-order valence-corrected chi connectivity index (χ3v) is 3.03. The molecule has 22 heavy (non-hydrogen) atoms. The summed E-state index contributed by atoms with van der Waals surface area (Å²) in [6.45, 7) is 5.20. The van der Waals surface area contributed by atoms with E-state index in [1.54, 1.807) is 6.92 Å². The van der Waals surface area contributed by atoms with Crippen LogP contribution in [-0.2, 0) is 19.1 Å². The van der Waals surface area contributed by atoms with Gasteiger partial charge in [0.2, 0.25) is 0 Å². The van der Waals surface area contributed by atoms with Gasteiger partial charge in [0.25, 0.3) is 0 Å². The summed E-state index contributed by atoms with van der Waals surface area (Å²) in [5, 5.41) is 0. The van der Waals surface area contributed by atoms with E-state index in [1.165, 1.54) is 7.11 Å². The van der Waals surface area contributed by atoms with Crippen molar-refractivity contribution in [2.75, 3.05) is 13.7 Å². The minimum atomic E-state index is -0.484. The van der Waals surface area contributed by atoms with E-state index in [2.05, 4.69) is 6.58 Å². The molecule has 4 nitrogen and oxygen atoms in total. The molecule has 0 unspecified atom stereocenters. The molecular weight excluding hydrogens is 280 g/mol. The number of hydrogen-bond acceptors (Lipinski definition) is 4. The quantitative estimate of drug-likeness (QED) is 0.440. The molecule has 0 saturated heterocycles. The topological polar surface area (TPSA) is 52.6 Å². The van der Waals surface area contributed by atoms with Crippen molar-refractivity contribution in [3.63, 3.8) is 0 Å². The Kier molecular flexibility index (Phi) is 7.40. The van der Waals surface area contributed by atoms with Crippen molar-refractivity contribution in [3.8, 4) is 0 Å². The van der Waals surface area contributed by atoms with Crippen molar-refractivity contribution in [3.05, 3.63) is 65.8 Å². The summed E-state index contributed by atoms with van der Waals surface area (Å²) >= 11 is 0. The van der Waals surface area contributed by atoms with Gasteiger partial charge in [0.1, 0.15) is 0 Å². The summed E-state index contributed by atoms with van der Waals surface area (Å²) < 4.78 is 9.70. The second-order valence-electron chi connectivity index (χ2n) is 4.51. The highest BCUT2D eigenvalue weighted by Gasteiger charge is 2.09. The molecule has 0 aliphatic carbocycles. The number of carbonyl (C=O) groups is 2. The first kappa shape index (κ1) is 17.4. The number of benzene rings is 1. The van der Waals surface area contributed by atoms with Crippen LogP contribution < -0.4 is 0 Å². The van der Waals surface area contributed by atoms with Gasteiger partial charge in [-0.3, -0.25) is 0 Å². The zero-order valence-corrected chi connectivity index (χ0v) is 12.9. The first-order chi connectivity index (χ1) is 10.6. The standard InChI is InChI=1S/C18H20O4/c1-4-17(19)22-13-12-16(14(2)18(20)21-3)11-10-15-8-6-5-7-9-15/h4-11H,1,12-13H2,2-3H3. The predicted molar refractivity (Wildman–Crippen MR) is 86.0 cm³/mol. The summed E-state index contributed by atoms with van der Waals surface area (Å²) in [6, 6.07) is 9.71. The summed E-state index contributed by atoms with van der Waals surface area (Å²) in [6.07, 6.45) is 5.26. The molecule has 1 aromatic carbocycles. The van der Waals surface area contributed by atoms with Gasteiger partial charge in [-0.15, -0.1) is 0 Å². The maximum absolute atomic E-state index is 11.7. The number of rotatable bonds is 7. The summed E-state index contributed by atoms with van der Waals surface area (Å²) in [5.41, 5.74) is 2.26. The Hall–Kier alpha value is -2.62. The van der Waals surface area contributed by atoms with E-state index in [1.807, 2.05) is 42.5 Å². The number of esters is 2. The highest BCUT2D eigenvalue weighted by Crippen LogP contribution is 2.15. The fraction of sp³-hybridized carbons (Fsp3) is 0.222. The van der Waals surface area contributed by atoms with Crippen LogP contribution in [0.4, 0.5) is 0 Å². The first-order valence-corrected chi connectivity index (χ1v) is 6.89. The number of carbonyl (C=O) groups excluding carboxylic acids is 2. The molecule has 0 atom stereocenters. The minimum absolute atomic E-state index is 0.174. The van der Waals surface area contributed by atoms with Crippen LogP contribution in [0.25, 0.3) is 6.08 Å². The van der Waals surface area contributed by atoms with Crippen LogP contribution in [0.2, 0.25) is 0 Å². The van der Waals surface area contributed by atoms with E-state index in [0.29, 0.717) is 12.0 Å². The van der Waals surface area contributed by atoms with Crippen LogP contribution in [0.15, 0.2) is 60.2 Å². The van der Waals surface area contributed by atoms with E-state index in [9.17, 15) is 9.59 Å². The van der Waals surface area contributed by atoms with Gasteiger partial charge in [0.05, 0.1) is 13.7 Å². The van der Waals surface area contributed by atoms with Crippen molar-refractivity contribution < 1.29 is 19.1 Å². The number of methoxy groups -OCH3 is 1. The number of ether oxygens (including phenoxy) is 2. The lowest BCUT2D eigenvalue weighted by molar-refractivity contribution is -0.137. The van der Waals surface area contributed by atoms with Crippen molar-refractivity contribution in [2.24, 2.45) is 0 Å². The van der Waals surface area contributed by atoms with Gasteiger partial charge < -0.3 is 9.47 Å². The van der Waals surface area contributed by atoms with Gasteiger partial charge in [0.15, 0.2) is 0 Å². The Balaban J connectivity index is 2.87. The fourth-order valence-corrected chi connectivity index (χ4v) is 1.76. The third-order valence-electron chi connectivity index (χ3n) is 3.03. The Bertz CT molecular complexity index is 582. The van der Waals surface area contributed by atoms with E-state index >= 15 is 0 Å². The zero-order chi connectivity index (χ0) is 16.4. The molecule has 0 aromatic heterocycles. The zero-order valence-electron chi connectivity index (χ0n) is 12.9. The average molecular weight is 300 g/mol. The van der Waals surface area contributed by atoms with Crippen LogP contribution in [-0.4, -0.2) is 25.7 Å². The molecule has 0 spiro atoms. The Morgan fingerprint density at radius 2 is 1.91 bits per heavy atom. The van der Waals surface area contributed by atoms with Crippen LogP contribution in [0, 0.1) is 0 Å². The largest absolute Gasteiger partial charge is 0.466 e. The molecule has 0 saturated carbocycles. The lowest BCUT2D eigenvalue weighted by Crippen LogP contribution is -2.07. The van der Waals surface area contributed by atoms with Crippen molar-refractivity contribution in [1.29, 1.82) is 0 Å². The number of hydrogen-bond donors (Lipinski definition) is 0. The van der Waals surface area contributed by atoms with Gasteiger partial charge in [-0.05, 0) is 18.1 Å². The van der Waals surface area contributed by atoms with Gasteiger partial charge in [-0.2, -0.15) is 0 Å². The monoisotopic (exact) mass is 300 g/mol. The normalized spacial score (nSPS) is 11.7. The van der Waals surface area contributed by atoms with Crippen molar-refractivity contribution in [1.82, 2.24) is 0 Å². The van der Waals surface area contributed by atoms with Crippen LogP contribution in [0.3, 0.4) is 0 Å². The van der Waals surface area contributed by atoms with Gasteiger partial charge >= 0.3 is 11.9 Å². The maximum atomic E-state index is 11.7. The van der Waals surface area contributed by atoms with Gasteiger partial charge in [-0.25, -0.2) is 9.59 Å². The van der Waals surface area contributed by atoms with Crippen molar-refractivity contribution >= 4 is 18.0 Å². The molecule has 1 aromatic rings. The third kappa shape index (κ3) is 5.79. The molecule has 0 amide bonds. The highest BCUT2D eigenvalue weighted by atomic mass is 16.5. The SMILES string of the molecule is C=CC(=O)OCCC(C=Cc1ccccc1)=C(C)C(=O)OC. The molecule has 0 fully saturated rings. The van der Waals surface area contributed by atoms with E-state index in [-0.39, 0.29) is 6.61 Å². The summed E-state index contributed by atoms with van der Waals surface area (Å²) in [4.78, 5) is 22.7. The Labute approximate surface area is 130 Å². The molecular formula is C18H20O4. The van der Waals surface area contributed by atoms with E-state index in [0.717, 1.165) is 17.2 Å². The molecule has 4 heteroatoms. The van der Waals surface area contributed by atoms with Gasteiger partial charge in [0, 0.05) is 18.1 Å². The van der Waals surface area contributed by atoms with E-state index < -0.39 is 11.9 Å². The molecule has 0 radical (unpaired) electrons.